The third-order valence-corrected chi connectivity index (χ3v) is 8.61. The summed E-state index contributed by atoms with van der Waals surface area (Å²) >= 11 is 3.68. The van der Waals surface area contributed by atoms with Gasteiger partial charge in [0.05, 0.1) is 24.5 Å². The van der Waals surface area contributed by atoms with E-state index in [1.54, 1.807) is 22.8 Å². The summed E-state index contributed by atoms with van der Waals surface area (Å²) in [6, 6.07) is 8.88. The zero-order valence-electron chi connectivity index (χ0n) is 21.4. The van der Waals surface area contributed by atoms with Crippen molar-refractivity contribution in [1.82, 2.24) is 9.80 Å². The van der Waals surface area contributed by atoms with E-state index in [0.717, 1.165) is 18.4 Å². The van der Waals surface area contributed by atoms with Crippen LogP contribution in [0.2, 0.25) is 0 Å². The molecule has 1 aromatic carbocycles. The van der Waals surface area contributed by atoms with E-state index in [1.807, 2.05) is 30.3 Å². The number of fused-ring (bicyclic) bond motifs is 1. The van der Waals surface area contributed by atoms with Crippen LogP contribution in [0.15, 0.2) is 43.0 Å². The van der Waals surface area contributed by atoms with Gasteiger partial charge in [0.15, 0.2) is 0 Å². The molecule has 1 unspecified atom stereocenters. The van der Waals surface area contributed by atoms with Crippen LogP contribution in [-0.4, -0.2) is 81.6 Å². The number of carbonyl (C=O) groups excluding carboxylic acids is 3. The molecule has 1 spiro atoms. The van der Waals surface area contributed by atoms with Crippen molar-refractivity contribution in [2.45, 2.75) is 68.1 Å². The van der Waals surface area contributed by atoms with Crippen LogP contribution in [0.5, 0.6) is 0 Å². The summed E-state index contributed by atoms with van der Waals surface area (Å²) in [7, 11) is 0. The van der Waals surface area contributed by atoms with Gasteiger partial charge in [-0.2, -0.15) is 0 Å². The van der Waals surface area contributed by atoms with Crippen LogP contribution in [0.1, 0.15) is 44.6 Å². The molecule has 2 amide bonds. The molecule has 3 aliphatic rings. The number of unbranched alkanes of at least 4 members (excludes halogenated alkanes) is 3. The van der Waals surface area contributed by atoms with E-state index in [-0.39, 0.29) is 29.9 Å². The van der Waals surface area contributed by atoms with Gasteiger partial charge in [-0.3, -0.25) is 14.4 Å². The smallest absolute Gasteiger partial charge is 0.312 e. The standard InChI is InChI=1S/C28H37BrN2O6/c1-3-14-30(18-19-12-8-7-9-13-19)26(34)24-28-17-20(29)23(37-28)21(27(35)36-4-2)22(28)25(33)31(24)15-10-5-6-11-16-32/h3,7-9,12-13,20-24,32H,1,4-6,10-11,14-18H2,2H3/t20?,21-,22+,23-,24-,28+/m0/s1. The summed E-state index contributed by atoms with van der Waals surface area (Å²) in [5.41, 5.74) is -0.114. The van der Waals surface area contributed by atoms with E-state index in [0.29, 0.717) is 38.9 Å². The number of hydrogen-bond acceptors (Lipinski definition) is 6. The number of rotatable bonds is 13. The summed E-state index contributed by atoms with van der Waals surface area (Å²) < 4.78 is 11.9. The maximum Gasteiger partial charge on any atom is 0.312 e. The lowest BCUT2D eigenvalue weighted by molar-refractivity contribution is -0.154. The molecular weight excluding hydrogens is 540 g/mol. The van der Waals surface area contributed by atoms with Crippen molar-refractivity contribution in [2.24, 2.45) is 11.8 Å². The summed E-state index contributed by atoms with van der Waals surface area (Å²) in [5.74, 6) is -2.35. The minimum absolute atomic E-state index is 0.133. The van der Waals surface area contributed by atoms with Gasteiger partial charge < -0.3 is 24.4 Å². The predicted molar refractivity (Wildman–Crippen MR) is 142 cm³/mol. The average molecular weight is 578 g/mol. The number of carbonyl (C=O) groups is 3. The Balaban J connectivity index is 1.68. The third kappa shape index (κ3) is 5.22. The van der Waals surface area contributed by atoms with Gasteiger partial charge in [-0.25, -0.2) is 0 Å². The molecular formula is C28H37BrN2O6. The Morgan fingerprint density at radius 1 is 1.27 bits per heavy atom. The van der Waals surface area contributed by atoms with Crippen molar-refractivity contribution >= 4 is 33.7 Å². The van der Waals surface area contributed by atoms with Crippen LogP contribution < -0.4 is 0 Å². The number of likely N-dealkylation sites (tertiary alicyclic amines) is 1. The zero-order valence-corrected chi connectivity index (χ0v) is 23.0. The molecule has 1 aromatic rings. The lowest BCUT2D eigenvalue weighted by Crippen LogP contribution is -2.56. The summed E-state index contributed by atoms with van der Waals surface area (Å²) in [6.45, 7) is 7.03. The summed E-state index contributed by atoms with van der Waals surface area (Å²) in [4.78, 5) is 44.5. The maximum absolute atomic E-state index is 14.3. The highest BCUT2D eigenvalue weighted by Crippen LogP contribution is 2.60. The second kappa shape index (κ2) is 12.1. The first kappa shape index (κ1) is 27.8. The number of halogens is 1. The first-order valence-corrected chi connectivity index (χ1v) is 14.1. The largest absolute Gasteiger partial charge is 0.466 e. The molecule has 3 aliphatic heterocycles. The molecule has 0 aliphatic carbocycles. The van der Waals surface area contributed by atoms with Crippen LogP contribution in [0.25, 0.3) is 0 Å². The minimum Gasteiger partial charge on any atom is -0.466 e. The topological polar surface area (TPSA) is 96.4 Å². The van der Waals surface area contributed by atoms with Gasteiger partial charge in [0.25, 0.3) is 0 Å². The fourth-order valence-electron chi connectivity index (χ4n) is 6.27. The molecule has 3 fully saturated rings. The van der Waals surface area contributed by atoms with Gasteiger partial charge in [-0.05, 0) is 31.7 Å². The number of nitrogens with zero attached hydrogens (tertiary/aromatic N) is 2. The van der Waals surface area contributed by atoms with Gasteiger partial charge in [0.1, 0.15) is 11.6 Å². The Hall–Kier alpha value is -2.23. The maximum atomic E-state index is 14.3. The Morgan fingerprint density at radius 3 is 2.68 bits per heavy atom. The van der Waals surface area contributed by atoms with Crippen LogP contribution >= 0.6 is 15.9 Å². The minimum atomic E-state index is -1.09. The Labute approximate surface area is 227 Å². The molecule has 2 bridgehead atoms. The van der Waals surface area contributed by atoms with Gasteiger partial charge in [0, 0.05) is 31.1 Å². The van der Waals surface area contributed by atoms with Gasteiger partial charge in [-0.15, -0.1) is 6.58 Å². The second-order valence-corrected chi connectivity index (χ2v) is 11.3. The molecule has 4 rings (SSSR count). The molecule has 202 valence electrons. The van der Waals surface area contributed by atoms with Gasteiger partial charge in [-0.1, -0.05) is 65.2 Å². The lowest BCUT2D eigenvalue weighted by Gasteiger charge is -2.37. The average Bonchev–Trinajstić information content (AvgIpc) is 3.47. The van der Waals surface area contributed by atoms with Gasteiger partial charge >= 0.3 is 5.97 Å². The Bertz CT molecular complexity index is 990. The highest BCUT2D eigenvalue weighted by molar-refractivity contribution is 9.09. The molecule has 3 heterocycles. The second-order valence-electron chi connectivity index (χ2n) is 10.1. The van der Waals surface area contributed by atoms with E-state index in [1.165, 1.54) is 0 Å². The summed E-state index contributed by atoms with van der Waals surface area (Å²) in [5, 5.41) is 9.11. The number of benzene rings is 1. The first-order chi connectivity index (χ1) is 17.9. The Kier molecular flexibility index (Phi) is 9.08. The number of ether oxygens (including phenoxy) is 2. The van der Waals surface area contributed by atoms with Crippen molar-refractivity contribution in [3.63, 3.8) is 0 Å². The number of hydrogen-bond donors (Lipinski definition) is 1. The Morgan fingerprint density at radius 2 is 2.00 bits per heavy atom. The molecule has 9 heteroatoms. The normalized spacial score (nSPS) is 29.9. The molecule has 0 radical (unpaired) electrons. The number of alkyl halides is 1. The van der Waals surface area contributed by atoms with Crippen molar-refractivity contribution < 1.29 is 29.0 Å². The third-order valence-electron chi connectivity index (χ3n) is 7.77. The number of aliphatic hydroxyl groups excluding tert-OH is 1. The van der Waals surface area contributed by atoms with Crippen LogP contribution in [-0.2, 0) is 30.4 Å². The van der Waals surface area contributed by atoms with E-state index in [4.69, 9.17) is 14.6 Å². The lowest BCUT2D eigenvalue weighted by atomic mass is 9.70. The highest BCUT2D eigenvalue weighted by Gasteiger charge is 2.77. The molecule has 8 nitrogen and oxygen atoms in total. The van der Waals surface area contributed by atoms with E-state index >= 15 is 0 Å². The number of esters is 1. The highest BCUT2D eigenvalue weighted by atomic mass is 79.9. The fourth-order valence-corrected chi connectivity index (χ4v) is 7.21. The van der Waals surface area contributed by atoms with Crippen molar-refractivity contribution in [1.29, 1.82) is 0 Å². The predicted octanol–water partition coefficient (Wildman–Crippen LogP) is 3.07. The molecule has 6 atom stereocenters. The number of aliphatic hydroxyl groups is 1. The fraction of sp³-hybridized carbons (Fsp3) is 0.607. The van der Waals surface area contributed by atoms with Crippen molar-refractivity contribution in [2.75, 3.05) is 26.3 Å². The monoisotopic (exact) mass is 576 g/mol. The molecule has 1 N–H and O–H groups in total. The summed E-state index contributed by atoms with van der Waals surface area (Å²) in [6.07, 6.45) is 4.71. The van der Waals surface area contributed by atoms with E-state index < -0.39 is 35.6 Å². The van der Waals surface area contributed by atoms with E-state index in [2.05, 4.69) is 22.5 Å². The molecule has 0 saturated carbocycles. The molecule has 3 saturated heterocycles. The van der Waals surface area contributed by atoms with Crippen LogP contribution in [0.4, 0.5) is 0 Å². The molecule has 0 aromatic heterocycles. The number of amides is 2. The SMILES string of the molecule is C=CCN(Cc1ccccc1)C(=O)[C@@H]1N(CCCCCCO)C(=O)[C@H]2[C@H](C(=O)OCC)[C@H]3O[C@@]12CC3Br. The van der Waals surface area contributed by atoms with Crippen molar-refractivity contribution in [3.05, 3.63) is 48.6 Å². The molecule has 37 heavy (non-hydrogen) atoms. The van der Waals surface area contributed by atoms with Crippen molar-refractivity contribution in [3.8, 4) is 0 Å². The van der Waals surface area contributed by atoms with Crippen LogP contribution in [0, 0.1) is 11.8 Å². The first-order valence-electron chi connectivity index (χ1n) is 13.2. The van der Waals surface area contributed by atoms with E-state index in [9.17, 15) is 14.4 Å². The van der Waals surface area contributed by atoms with Gasteiger partial charge in [0.2, 0.25) is 11.8 Å². The zero-order chi connectivity index (χ0) is 26.6. The quantitative estimate of drug-likeness (QED) is 0.168. The van der Waals surface area contributed by atoms with Crippen LogP contribution in [0.3, 0.4) is 0 Å².